The number of benzene rings is 1. The van der Waals surface area contributed by atoms with Gasteiger partial charge in [-0.25, -0.2) is 4.79 Å². The number of carboxylic acids is 1. The second-order valence-corrected chi connectivity index (χ2v) is 2.42. The van der Waals surface area contributed by atoms with Gasteiger partial charge >= 0.3 is 57.4 Å². The minimum absolute atomic E-state index is 0. The molecule has 0 saturated carbocycles. The Morgan fingerprint density at radius 1 is 1.29 bits per heavy atom. The Balaban J connectivity index is 0. The summed E-state index contributed by atoms with van der Waals surface area (Å²) in [4.78, 5) is 10.1. The SMILES string of the molecule is O=C(O)/C=C/c1ccc(O)c(O)c1.[H-].[K+]. The molecule has 0 saturated heterocycles. The van der Waals surface area contributed by atoms with E-state index >= 15 is 0 Å². The zero-order valence-corrected chi connectivity index (χ0v) is 10.8. The van der Waals surface area contributed by atoms with E-state index in [1.165, 1.54) is 24.3 Å². The molecule has 4 nitrogen and oxygen atoms in total. The molecule has 0 bridgehead atoms. The molecule has 1 rings (SSSR count). The first kappa shape index (κ1) is 13.7. The molecule has 0 unspecified atom stereocenters. The van der Waals surface area contributed by atoms with Gasteiger partial charge in [0.15, 0.2) is 11.5 Å². The summed E-state index contributed by atoms with van der Waals surface area (Å²) in [7, 11) is 0. The van der Waals surface area contributed by atoms with Crippen molar-refractivity contribution >= 4 is 12.0 Å². The Labute approximate surface area is 125 Å². The molecular weight excluding hydrogens is 211 g/mol. The number of carbonyl (C=O) groups is 1. The normalized spacial score (nSPS) is 9.71. The number of hydrogen-bond donors (Lipinski definition) is 3. The number of carboxylic acid groups (broad SMARTS) is 1. The standard InChI is InChI=1S/C9H8O4.K.H/c10-7-3-1-6(5-8(7)11)2-4-9(12)13;;/h1-5,10-11H,(H,12,13);;/q;+1;-1/b4-2+;;. The topological polar surface area (TPSA) is 77.8 Å². The third kappa shape index (κ3) is 4.25. The number of hydrogen-bond acceptors (Lipinski definition) is 3. The second kappa shape index (κ2) is 6.21. The van der Waals surface area contributed by atoms with Crippen molar-refractivity contribution in [2.24, 2.45) is 0 Å². The van der Waals surface area contributed by atoms with Crippen molar-refractivity contribution in [3.8, 4) is 11.5 Å². The Bertz CT molecular complexity index is 365. The third-order valence-electron chi connectivity index (χ3n) is 1.42. The van der Waals surface area contributed by atoms with Crippen molar-refractivity contribution in [2.45, 2.75) is 0 Å². The van der Waals surface area contributed by atoms with Crippen LogP contribution in [0.2, 0.25) is 0 Å². The van der Waals surface area contributed by atoms with Gasteiger partial charge in [-0.1, -0.05) is 6.07 Å². The average Bonchev–Trinajstić information content (AvgIpc) is 2.07. The first-order valence-corrected chi connectivity index (χ1v) is 3.52. The predicted octanol–water partition coefficient (Wildman–Crippen LogP) is -1.69. The summed E-state index contributed by atoms with van der Waals surface area (Å²) in [5, 5.41) is 26.3. The molecule has 0 aliphatic heterocycles. The maximum Gasteiger partial charge on any atom is 1.00 e. The fourth-order valence-corrected chi connectivity index (χ4v) is 0.812. The number of aliphatic carboxylic acids is 1. The van der Waals surface area contributed by atoms with Crippen LogP contribution in [-0.2, 0) is 4.79 Å². The van der Waals surface area contributed by atoms with Crippen LogP contribution in [0.1, 0.15) is 6.99 Å². The first-order chi connectivity index (χ1) is 6.09. The molecule has 0 radical (unpaired) electrons. The minimum Gasteiger partial charge on any atom is -1.00 e. The molecule has 0 aliphatic rings. The monoisotopic (exact) mass is 220 g/mol. The summed E-state index contributed by atoms with van der Waals surface area (Å²) in [5.74, 6) is -1.56. The largest absolute Gasteiger partial charge is 1.00 e. The van der Waals surface area contributed by atoms with Crippen LogP contribution in [0.4, 0.5) is 0 Å². The molecule has 5 heteroatoms. The van der Waals surface area contributed by atoms with Gasteiger partial charge < -0.3 is 16.7 Å². The van der Waals surface area contributed by atoms with Gasteiger partial charge in [0, 0.05) is 6.08 Å². The zero-order chi connectivity index (χ0) is 9.84. The summed E-state index contributed by atoms with van der Waals surface area (Å²) in [6.45, 7) is 0. The zero-order valence-electron chi connectivity index (χ0n) is 8.64. The average molecular weight is 220 g/mol. The Kier molecular flexibility index (Phi) is 6.06. The molecule has 0 atom stereocenters. The van der Waals surface area contributed by atoms with Gasteiger partial charge in [-0.3, -0.25) is 0 Å². The van der Waals surface area contributed by atoms with Gasteiger partial charge in [-0.15, -0.1) is 0 Å². The Morgan fingerprint density at radius 3 is 2.43 bits per heavy atom. The quantitative estimate of drug-likeness (QED) is 0.316. The summed E-state index contributed by atoms with van der Waals surface area (Å²) in [6, 6.07) is 4.06. The van der Waals surface area contributed by atoms with E-state index < -0.39 is 5.97 Å². The van der Waals surface area contributed by atoms with Gasteiger partial charge in [0.1, 0.15) is 0 Å². The first-order valence-electron chi connectivity index (χ1n) is 3.52. The van der Waals surface area contributed by atoms with Crippen LogP contribution in [0.15, 0.2) is 24.3 Å². The van der Waals surface area contributed by atoms with Gasteiger partial charge in [-0.05, 0) is 23.8 Å². The maximum atomic E-state index is 10.1. The number of phenolic OH excluding ortho intramolecular Hbond substituents is 2. The summed E-state index contributed by atoms with van der Waals surface area (Å²) in [5.41, 5.74) is 0.512. The Hall–Kier alpha value is -0.334. The van der Waals surface area contributed by atoms with Crippen LogP contribution >= 0.6 is 0 Å². The number of aromatic hydroxyl groups is 2. The molecule has 0 aromatic heterocycles. The fraction of sp³-hybridized carbons (Fsp3) is 0. The molecule has 0 fully saturated rings. The molecular formula is C9H9KO4. The molecule has 0 aliphatic carbocycles. The van der Waals surface area contributed by atoms with E-state index in [4.69, 9.17) is 15.3 Å². The third-order valence-corrected chi connectivity index (χ3v) is 1.42. The molecule has 1 aromatic rings. The molecule has 1 aromatic carbocycles. The molecule has 0 amide bonds. The molecule has 0 spiro atoms. The van der Waals surface area contributed by atoms with E-state index in [0.717, 1.165) is 6.08 Å². The minimum atomic E-state index is -1.06. The van der Waals surface area contributed by atoms with Gasteiger partial charge in [0.2, 0.25) is 0 Å². The number of rotatable bonds is 2. The van der Waals surface area contributed by atoms with E-state index in [9.17, 15) is 4.79 Å². The number of phenols is 2. The molecule has 14 heavy (non-hydrogen) atoms. The van der Waals surface area contributed by atoms with E-state index in [1.807, 2.05) is 0 Å². The van der Waals surface area contributed by atoms with E-state index in [0.29, 0.717) is 5.56 Å². The van der Waals surface area contributed by atoms with Crippen molar-refractivity contribution in [3.05, 3.63) is 29.8 Å². The van der Waals surface area contributed by atoms with Crippen molar-refractivity contribution < 1.29 is 72.9 Å². The summed E-state index contributed by atoms with van der Waals surface area (Å²) < 4.78 is 0. The van der Waals surface area contributed by atoms with E-state index in [2.05, 4.69) is 0 Å². The van der Waals surface area contributed by atoms with Crippen LogP contribution in [0.25, 0.3) is 6.08 Å². The van der Waals surface area contributed by atoms with Crippen LogP contribution < -0.4 is 51.4 Å². The van der Waals surface area contributed by atoms with Crippen LogP contribution in [0, 0.1) is 0 Å². The maximum absolute atomic E-state index is 10.1. The van der Waals surface area contributed by atoms with Gasteiger partial charge in [0.25, 0.3) is 0 Å². The fourth-order valence-electron chi connectivity index (χ4n) is 0.812. The van der Waals surface area contributed by atoms with Crippen molar-refractivity contribution in [2.75, 3.05) is 0 Å². The van der Waals surface area contributed by atoms with E-state index in [-0.39, 0.29) is 64.3 Å². The molecule has 70 valence electrons. The Morgan fingerprint density at radius 2 is 1.93 bits per heavy atom. The predicted molar refractivity (Wildman–Crippen MR) is 47.6 cm³/mol. The van der Waals surface area contributed by atoms with Gasteiger partial charge in [-0.2, -0.15) is 0 Å². The summed E-state index contributed by atoms with van der Waals surface area (Å²) in [6.07, 6.45) is 2.27. The van der Waals surface area contributed by atoms with Crippen molar-refractivity contribution in [1.82, 2.24) is 0 Å². The second-order valence-electron chi connectivity index (χ2n) is 2.42. The van der Waals surface area contributed by atoms with E-state index in [1.54, 1.807) is 0 Å². The molecule has 0 heterocycles. The van der Waals surface area contributed by atoms with Gasteiger partial charge in [0.05, 0.1) is 0 Å². The van der Waals surface area contributed by atoms with Crippen molar-refractivity contribution in [1.29, 1.82) is 0 Å². The van der Waals surface area contributed by atoms with Crippen molar-refractivity contribution in [3.63, 3.8) is 0 Å². The van der Waals surface area contributed by atoms with Crippen LogP contribution in [-0.4, -0.2) is 21.3 Å². The summed E-state index contributed by atoms with van der Waals surface area (Å²) >= 11 is 0. The van der Waals surface area contributed by atoms with Crippen LogP contribution in [0.5, 0.6) is 11.5 Å². The smallest absolute Gasteiger partial charge is 1.00 e. The molecule has 3 N–H and O–H groups in total. The van der Waals surface area contributed by atoms with Crippen LogP contribution in [0.3, 0.4) is 0 Å².